The van der Waals surface area contributed by atoms with E-state index in [1.807, 2.05) is 0 Å². The minimum absolute atomic E-state index is 0.280. The average molecular weight is 242 g/mol. The van der Waals surface area contributed by atoms with E-state index in [1.54, 1.807) is 0 Å². The number of amidine groups is 1. The smallest absolute Gasteiger partial charge is 0.0918 e. The lowest BCUT2D eigenvalue weighted by Crippen LogP contribution is -2.43. The first kappa shape index (κ1) is 14.4. The van der Waals surface area contributed by atoms with E-state index in [-0.39, 0.29) is 5.84 Å². The van der Waals surface area contributed by atoms with Crippen molar-refractivity contribution in [2.24, 2.45) is 5.73 Å². The number of nitrogens with one attached hydrogen (secondary N) is 1. The number of hydrogen-bond acceptors (Lipinski definition) is 4. The second kappa shape index (κ2) is 7.63. The predicted octanol–water partition coefficient (Wildman–Crippen LogP) is 0.355. The Kier molecular flexibility index (Phi) is 6.47. The molecule has 0 atom stereocenters. The van der Waals surface area contributed by atoms with Crippen LogP contribution in [-0.2, 0) is 4.74 Å². The second-order valence-corrected chi connectivity index (χ2v) is 4.86. The molecule has 0 saturated carbocycles. The predicted molar refractivity (Wildman–Crippen MR) is 70.5 cm³/mol. The Morgan fingerprint density at radius 1 is 1.35 bits per heavy atom. The molecule has 1 aliphatic heterocycles. The molecule has 5 nitrogen and oxygen atoms in total. The van der Waals surface area contributed by atoms with Crippen LogP contribution in [0.3, 0.4) is 0 Å². The first-order valence-electron chi connectivity index (χ1n) is 6.46. The molecule has 0 radical (unpaired) electrons. The van der Waals surface area contributed by atoms with Crippen LogP contribution in [-0.4, -0.2) is 67.6 Å². The van der Waals surface area contributed by atoms with E-state index in [4.69, 9.17) is 15.9 Å². The summed E-state index contributed by atoms with van der Waals surface area (Å²) in [6, 6.07) is 0.510. The Morgan fingerprint density at radius 2 is 2.00 bits per heavy atom. The van der Waals surface area contributed by atoms with E-state index in [0.29, 0.717) is 12.5 Å². The van der Waals surface area contributed by atoms with Crippen molar-refractivity contribution in [3.63, 3.8) is 0 Å². The van der Waals surface area contributed by atoms with Gasteiger partial charge in [-0.1, -0.05) is 0 Å². The molecule has 5 heteroatoms. The summed E-state index contributed by atoms with van der Waals surface area (Å²) in [5, 5.41) is 7.28. The summed E-state index contributed by atoms with van der Waals surface area (Å²) in [7, 11) is 0. The number of ether oxygens (including phenoxy) is 1. The van der Waals surface area contributed by atoms with Crippen LogP contribution in [0.25, 0.3) is 0 Å². The van der Waals surface area contributed by atoms with E-state index >= 15 is 0 Å². The third-order valence-corrected chi connectivity index (χ3v) is 3.21. The van der Waals surface area contributed by atoms with Crippen molar-refractivity contribution < 1.29 is 4.74 Å². The molecule has 0 aromatic rings. The lowest BCUT2D eigenvalue weighted by Gasteiger charge is -2.31. The molecule has 0 bridgehead atoms. The van der Waals surface area contributed by atoms with Gasteiger partial charge in [0.05, 0.1) is 19.0 Å². The molecule has 1 saturated heterocycles. The van der Waals surface area contributed by atoms with E-state index in [0.717, 1.165) is 45.9 Å². The van der Waals surface area contributed by atoms with E-state index in [2.05, 4.69) is 23.6 Å². The van der Waals surface area contributed by atoms with Crippen molar-refractivity contribution in [2.75, 3.05) is 45.9 Å². The molecule has 0 aromatic carbocycles. The van der Waals surface area contributed by atoms with E-state index < -0.39 is 0 Å². The highest BCUT2D eigenvalue weighted by Crippen LogP contribution is 2.02. The van der Waals surface area contributed by atoms with Gasteiger partial charge in [0, 0.05) is 45.2 Å². The summed E-state index contributed by atoms with van der Waals surface area (Å²) in [6.07, 6.45) is 0.668. The van der Waals surface area contributed by atoms with E-state index in [1.165, 1.54) is 0 Å². The van der Waals surface area contributed by atoms with Crippen LogP contribution in [0.5, 0.6) is 0 Å². The molecular formula is C12H26N4O. The Morgan fingerprint density at radius 3 is 2.53 bits per heavy atom. The molecule has 0 spiro atoms. The van der Waals surface area contributed by atoms with E-state index in [9.17, 15) is 0 Å². The van der Waals surface area contributed by atoms with Gasteiger partial charge in [-0.05, 0) is 13.8 Å². The minimum atomic E-state index is 0.280. The maximum atomic E-state index is 7.28. The average Bonchev–Trinajstić information content (AvgIpc) is 2.29. The Labute approximate surface area is 104 Å². The standard InChI is InChI=1S/C12H26N4O/c1-11(2)16(4-3-12(13)14)6-5-15-7-9-17-10-8-15/h11H,3-10H2,1-2H3,(H3,13,14). The van der Waals surface area contributed by atoms with Gasteiger partial charge in [-0.3, -0.25) is 15.2 Å². The highest BCUT2D eigenvalue weighted by Gasteiger charge is 2.14. The maximum absolute atomic E-state index is 7.28. The van der Waals surface area contributed by atoms with Crippen LogP contribution in [0, 0.1) is 5.41 Å². The van der Waals surface area contributed by atoms with Crippen molar-refractivity contribution in [3.8, 4) is 0 Å². The summed E-state index contributed by atoms with van der Waals surface area (Å²) in [4.78, 5) is 4.82. The maximum Gasteiger partial charge on any atom is 0.0918 e. The summed E-state index contributed by atoms with van der Waals surface area (Å²) >= 11 is 0. The van der Waals surface area contributed by atoms with Gasteiger partial charge in [0.25, 0.3) is 0 Å². The van der Waals surface area contributed by atoms with Crippen LogP contribution in [0.1, 0.15) is 20.3 Å². The normalized spacial score (nSPS) is 17.9. The summed E-state index contributed by atoms with van der Waals surface area (Å²) in [5.41, 5.74) is 5.41. The van der Waals surface area contributed by atoms with Crippen molar-refractivity contribution in [2.45, 2.75) is 26.3 Å². The third-order valence-electron chi connectivity index (χ3n) is 3.21. The van der Waals surface area contributed by atoms with Gasteiger partial charge in [-0.25, -0.2) is 0 Å². The van der Waals surface area contributed by atoms with Crippen molar-refractivity contribution >= 4 is 5.84 Å². The molecule has 0 aromatic heterocycles. The zero-order valence-electron chi connectivity index (χ0n) is 11.1. The molecule has 0 amide bonds. The fourth-order valence-electron chi connectivity index (χ4n) is 1.99. The molecule has 0 unspecified atom stereocenters. The largest absolute Gasteiger partial charge is 0.388 e. The monoisotopic (exact) mass is 242 g/mol. The molecule has 17 heavy (non-hydrogen) atoms. The van der Waals surface area contributed by atoms with Gasteiger partial charge in [-0.15, -0.1) is 0 Å². The van der Waals surface area contributed by atoms with Gasteiger partial charge >= 0.3 is 0 Å². The van der Waals surface area contributed by atoms with Gasteiger partial charge in [0.1, 0.15) is 0 Å². The Balaban J connectivity index is 2.25. The fraction of sp³-hybridized carbons (Fsp3) is 0.917. The zero-order chi connectivity index (χ0) is 12.7. The SMILES string of the molecule is CC(C)N(CCC(=N)N)CCN1CCOCC1. The fourth-order valence-corrected chi connectivity index (χ4v) is 1.99. The van der Waals surface area contributed by atoms with Crippen LogP contribution in [0.2, 0.25) is 0 Å². The number of hydrogen-bond donors (Lipinski definition) is 2. The lowest BCUT2D eigenvalue weighted by molar-refractivity contribution is 0.0319. The number of nitrogens with two attached hydrogens (primary N) is 1. The zero-order valence-corrected chi connectivity index (χ0v) is 11.1. The molecule has 1 rings (SSSR count). The Hall–Kier alpha value is -0.650. The highest BCUT2D eigenvalue weighted by atomic mass is 16.5. The quantitative estimate of drug-likeness (QED) is 0.499. The van der Waals surface area contributed by atoms with Gasteiger partial charge < -0.3 is 10.5 Å². The highest BCUT2D eigenvalue weighted by molar-refractivity contribution is 5.76. The number of morpholine rings is 1. The molecule has 1 aliphatic rings. The molecule has 3 N–H and O–H groups in total. The number of rotatable bonds is 7. The molecule has 1 fully saturated rings. The van der Waals surface area contributed by atoms with Crippen LogP contribution in [0.4, 0.5) is 0 Å². The Bertz CT molecular complexity index is 227. The van der Waals surface area contributed by atoms with Crippen LogP contribution < -0.4 is 5.73 Å². The van der Waals surface area contributed by atoms with Crippen molar-refractivity contribution in [3.05, 3.63) is 0 Å². The topological polar surface area (TPSA) is 65.6 Å². The van der Waals surface area contributed by atoms with Gasteiger partial charge in [-0.2, -0.15) is 0 Å². The first-order chi connectivity index (χ1) is 8.09. The molecule has 0 aliphatic carbocycles. The molecule has 100 valence electrons. The summed E-state index contributed by atoms with van der Waals surface area (Å²) in [6.45, 7) is 11.2. The van der Waals surface area contributed by atoms with Crippen molar-refractivity contribution in [1.29, 1.82) is 5.41 Å². The molecular weight excluding hydrogens is 216 g/mol. The van der Waals surface area contributed by atoms with Crippen LogP contribution in [0.15, 0.2) is 0 Å². The summed E-state index contributed by atoms with van der Waals surface area (Å²) in [5.74, 6) is 0.280. The van der Waals surface area contributed by atoms with Crippen LogP contribution >= 0.6 is 0 Å². The first-order valence-corrected chi connectivity index (χ1v) is 6.46. The van der Waals surface area contributed by atoms with Gasteiger partial charge in [0.2, 0.25) is 0 Å². The minimum Gasteiger partial charge on any atom is -0.388 e. The molecule has 1 heterocycles. The summed E-state index contributed by atoms with van der Waals surface area (Å²) < 4.78 is 5.33. The third kappa shape index (κ3) is 6.00. The second-order valence-electron chi connectivity index (χ2n) is 4.86. The van der Waals surface area contributed by atoms with Gasteiger partial charge in [0.15, 0.2) is 0 Å². The number of nitrogens with zero attached hydrogens (tertiary/aromatic N) is 2. The van der Waals surface area contributed by atoms with Crippen molar-refractivity contribution in [1.82, 2.24) is 9.80 Å². The lowest BCUT2D eigenvalue weighted by atomic mass is 10.2.